The highest BCUT2D eigenvalue weighted by molar-refractivity contribution is 7.91. The standard InChI is InChI=1S/C12H20N2O5S/c15-10(16)7-12(4-2-5-12)14-11(17)13-9-3-1-6-20(18,19)8-9/h9H,1-8H2,(H,15,16)(H2,13,14,17). The molecule has 1 unspecified atom stereocenters. The second-order valence-corrected chi connectivity index (χ2v) is 7.99. The largest absolute Gasteiger partial charge is 0.481 e. The number of rotatable bonds is 4. The van der Waals surface area contributed by atoms with E-state index in [1.54, 1.807) is 0 Å². The van der Waals surface area contributed by atoms with Gasteiger partial charge in [-0.05, 0) is 32.1 Å². The summed E-state index contributed by atoms with van der Waals surface area (Å²) in [5.41, 5.74) is -0.663. The lowest BCUT2D eigenvalue weighted by Gasteiger charge is -2.41. The number of sulfone groups is 1. The molecule has 1 heterocycles. The van der Waals surface area contributed by atoms with E-state index in [4.69, 9.17) is 5.11 Å². The molecule has 2 amide bonds. The van der Waals surface area contributed by atoms with Crippen LogP contribution in [0.25, 0.3) is 0 Å². The SMILES string of the molecule is O=C(O)CC1(NC(=O)NC2CCCS(=O)(=O)C2)CCC1. The summed E-state index contributed by atoms with van der Waals surface area (Å²) in [5.74, 6) is -0.799. The van der Waals surface area contributed by atoms with Crippen molar-refractivity contribution in [2.24, 2.45) is 0 Å². The molecular weight excluding hydrogens is 284 g/mol. The molecule has 2 rings (SSSR count). The summed E-state index contributed by atoms with van der Waals surface area (Å²) in [6.07, 6.45) is 3.28. The molecule has 1 aliphatic carbocycles. The van der Waals surface area contributed by atoms with Crippen LogP contribution < -0.4 is 10.6 Å². The summed E-state index contributed by atoms with van der Waals surface area (Å²) < 4.78 is 23.0. The zero-order valence-corrected chi connectivity index (χ0v) is 12.0. The van der Waals surface area contributed by atoms with E-state index in [0.717, 1.165) is 6.42 Å². The summed E-state index contributed by atoms with van der Waals surface area (Å²) in [4.78, 5) is 22.7. The molecule has 114 valence electrons. The minimum absolute atomic E-state index is 0.0354. The average Bonchev–Trinajstić information content (AvgIpc) is 2.23. The van der Waals surface area contributed by atoms with Crippen molar-refractivity contribution in [2.75, 3.05) is 11.5 Å². The predicted molar refractivity (Wildman–Crippen MR) is 72.2 cm³/mol. The van der Waals surface area contributed by atoms with E-state index in [9.17, 15) is 18.0 Å². The van der Waals surface area contributed by atoms with Gasteiger partial charge in [0.1, 0.15) is 0 Å². The molecule has 7 nitrogen and oxygen atoms in total. The second kappa shape index (κ2) is 5.59. The highest BCUT2D eigenvalue weighted by atomic mass is 32.2. The van der Waals surface area contributed by atoms with E-state index in [2.05, 4.69) is 10.6 Å². The first-order valence-corrected chi connectivity index (χ1v) is 8.63. The Labute approximate surface area is 118 Å². The third kappa shape index (κ3) is 3.84. The van der Waals surface area contributed by atoms with Gasteiger partial charge in [-0.1, -0.05) is 0 Å². The summed E-state index contributed by atoms with van der Waals surface area (Å²) in [6.45, 7) is 0. The molecule has 1 saturated carbocycles. The molecule has 1 aliphatic heterocycles. The number of carboxylic acid groups (broad SMARTS) is 1. The van der Waals surface area contributed by atoms with E-state index in [-0.39, 0.29) is 24.0 Å². The van der Waals surface area contributed by atoms with Crippen LogP contribution in [0.3, 0.4) is 0 Å². The molecular formula is C12H20N2O5S. The monoisotopic (exact) mass is 304 g/mol. The summed E-state index contributed by atoms with van der Waals surface area (Å²) in [6, 6.07) is -0.844. The molecule has 0 aromatic rings. The van der Waals surface area contributed by atoms with Crippen LogP contribution in [0.5, 0.6) is 0 Å². The number of nitrogens with one attached hydrogen (secondary N) is 2. The molecule has 3 N–H and O–H groups in total. The maximum Gasteiger partial charge on any atom is 0.315 e. The smallest absolute Gasteiger partial charge is 0.315 e. The first-order chi connectivity index (χ1) is 9.30. The number of hydrogen-bond donors (Lipinski definition) is 3. The Morgan fingerprint density at radius 2 is 1.95 bits per heavy atom. The van der Waals surface area contributed by atoms with Crippen LogP contribution >= 0.6 is 0 Å². The molecule has 1 saturated heterocycles. The molecule has 0 radical (unpaired) electrons. The Bertz CT molecular complexity index is 498. The van der Waals surface area contributed by atoms with Crippen LogP contribution in [-0.4, -0.2) is 48.6 Å². The zero-order valence-electron chi connectivity index (χ0n) is 11.2. The van der Waals surface area contributed by atoms with Gasteiger partial charge in [0.2, 0.25) is 0 Å². The molecule has 20 heavy (non-hydrogen) atoms. The van der Waals surface area contributed by atoms with Gasteiger partial charge in [0, 0.05) is 6.04 Å². The van der Waals surface area contributed by atoms with E-state index in [1.807, 2.05) is 0 Å². The molecule has 0 aromatic heterocycles. The van der Waals surface area contributed by atoms with Gasteiger partial charge in [-0.2, -0.15) is 0 Å². The number of carboxylic acids is 1. The number of amides is 2. The van der Waals surface area contributed by atoms with Crippen LogP contribution in [0.4, 0.5) is 4.79 Å². The van der Waals surface area contributed by atoms with E-state index in [0.29, 0.717) is 25.7 Å². The van der Waals surface area contributed by atoms with Gasteiger partial charge < -0.3 is 15.7 Å². The van der Waals surface area contributed by atoms with E-state index < -0.39 is 27.4 Å². The van der Waals surface area contributed by atoms with Gasteiger partial charge in [-0.25, -0.2) is 13.2 Å². The number of carbonyl (C=O) groups is 2. The van der Waals surface area contributed by atoms with Gasteiger partial charge in [0.15, 0.2) is 9.84 Å². The first-order valence-electron chi connectivity index (χ1n) is 6.81. The fourth-order valence-electron chi connectivity index (χ4n) is 2.84. The van der Waals surface area contributed by atoms with Gasteiger partial charge in [-0.3, -0.25) is 4.79 Å². The maximum atomic E-state index is 11.9. The minimum atomic E-state index is -3.07. The lowest BCUT2D eigenvalue weighted by Crippen LogP contribution is -2.59. The quantitative estimate of drug-likeness (QED) is 0.689. The van der Waals surface area contributed by atoms with E-state index in [1.165, 1.54) is 0 Å². The Morgan fingerprint density at radius 1 is 1.25 bits per heavy atom. The Morgan fingerprint density at radius 3 is 2.45 bits per heavy atom. The lowest BCUT2D eigenvalue weighted by molar-refractivity contribution is -0.139. The molecule has 0 aromatic carbocycles. The third-order valence-electron chi connectivity index (χ3n) is 3.98. The van der Waals surface area contributed by atoms with Crippen LogP contribution in [0.15, 0.2) is 0 Å². The fourth-order valence-corrected chi connectivity index (χ4v) is 4.47. The van der Waals surface area contributed by atoms with Gasteiger partial charge in [0.05, 0.1) is 23.5 Å². The van der Waals surface area contributed by atoms with Crippen molar-refractivity contribution in [1.82, 2.24) is 10.6 Å². The number of aliphatic carboxylic acids is 1. The second-order valence-electron chi connectivity index (χ2n) is 5.76. The summed E-state index contributed by atoms with van der Waals surface area (Å²) in [7, 11) is -3.07. The van der Waals surface area contributed by atoms with Crippen molar-refractivity contribution in [1.29, 1.82) is 0 Å². The van der Waals surface area contributed by atoms with Crippen LogP contribution in [0.1, 0.15) is 38.5 Å². The number of hydrogen-bond acceptors (Lipinski definition) is 4. The highest BCUT2D eigenvalue weighted by Gasteiger charge is 2.40. The van der Waals surface area contributed by atoms with Gasteiger partial charge in [-0.15, -0.1) is 0 Å². The Kier molecular flexibility index (Phi) is 4.22. The van der Waals surface area contributed by atoms with Crippen molar-refractivity contribution >= 4 is 21.8 Å². The number of urea groups is 1. The van der Waals surface area contributed by atoms with Crippen molar-refractivity contribution in [2.45, 2.75) is 50.1 Å². The van der Waals surface area contributed by atoms with Gasteiger partial charge >= 0.3 is 12.0 Å². The molecule has 1 atom stereocenters. The lowest BCUT2D eigenvalue weighted by atomic mass is 9.74. The molecule has 2 fully saturated rings. The number of carbonyl (C=O) groups excluding carboxylic acids is 1. The zero-order chi connectivity index (χ0) is 14.8. The van der Waals surface area contributed by atoms with Crippen LogP contribution in [0.2, 0.25) is 0 Å². The van der Waals surface area contributed by atoms with Crippen LogP contribution in [-0.2, 0) is 14.6 Å². The van der Waals surface area contributed by atoms with Gasteiger partial charge in [0.25, 0.3) is 0 Å². The maximum absolute atomic E-state index is 11.9. The predicted octanol–water partition coefficient (Wildman–Crippen LogP) is 0.260. The van der Waals surface area contributed by atoms with E-state index >= 15 is 0 Å². The molecule has 8 heteroatoms. The molecule has 2 aliphatic rings. The minimum Gasteiger partial charge on any atom is -0.481 e. The topological polar surface area (TPSA) is 113 Å². The first kappa shape index (κ1) is 15.1. The average molecular weight is 304 g/mol. The molecule has 0 bridgehead atoms. The normalized spacial score (nSPS) is 27.1. The van der Waals surface area contributed by atoms with Crippen molar-refractivity contribution < 1.29 is 23.1 Å². The summed E-state index contributed by atoms with van der Waals surface area (Å²) in [5, 5.41) is 14.2. The van der Waals surface area contributed by atoms with Crippen molar-refractivity contribution in [3.63, 3.8) is 0 Å². The van der Waals surface area contributed by atoms with Crippen molar-refractivity contribution in [3.8, 4) is 0 Å². The fraction of sp³-hybridized carbons (Fsp3) is 0.833. The van der Waals surface area contributed by atoms with Crippen molar-refractivity contribution in [3.05, 3.63) is 0 Å². The highest BCUT2D eigenvalue weighted by Crippen LogP contribution is 2.34. The Hall–Kier alpha value is -1.31. The Balaban J connectivity index is 1.87. The summed E-state index contributed by atoms with van der Waals surface area (Å²) >= 11 is 0. The third-order valence-corrected chi connectivity index (χ3v) is 5.80. The van der Waals surface area contributed by atoms with Crippen LogP contribution in [0, 0.1) is 0 Å². The molecule has 0 spiro atoms.